The van der Waals surface area contributed by atoms with Gasteiger partial charge in [-0.15, -0.1) is 0 Å². The molecule has 2 N–H and O–H groups in total. The van der Waals surface area contributed by atoms with Crippen LogP contribution in [-0.4, -0.2) is 22.3 Å². The van der Waals surface area contributed by atoms with Gasteiger partial charge in [0.15, 0.2) is 0 Å². The Labute approximate surface area is 124 Å². The zero-order valence-electron chi connectivity index (χ0n) is 11.0. The predicted octanol–water partition coefficient (Wildman–Crippen LogP) is 2.53. The summed E-state index contributed by atoms with van der Waals surface area (Å²) in [5.74, 6) is 0.800. The number of amides is 1. The molecule has 0 bridgehead atoms. The first-order valence-corrected chi connectivity index (χ1v) is 7.13. The zero-order valence-corrected chi connectivity index (χ0v) is 12.6. The van der Waals surface area contributed by atoms with E-state index in [1.807, 2.05) is 25.1 Å². The van der Waals surface area contributed by atoms with E-state index in [0.717, 1.165) is 21.5 Å². The van der Waals surface area contributed by atoms with Gasteiger partial charge in [0.25, 0.3) is 11.9 Å². The number of rotatable bonds is 1. The van der Waals surface area contributed by atoms with Gasteiger partial charge in [-0.05, 0) is 24.6 Å². The van der Waals surface area contributed by atoms with Crippen LogP contribution in [0.2, 0.25) is 0 Å². The van der Waals surface area contributed by atoms with E-state index in [1.165, 1.54) is 0 Å². The number of aryl methyl sites for hydroxylation is 1. The van der Waals surface area contributed by atoms with Crippen molar-refractivity contribution in [1.82, 2.24) is 9.88 Å². The number of aromatic nitrogens is 1. The van der Waals surface area contributed by atoms with Crippen LogP contribution in [-0.2, 0) is 13.0 Å². The van der Waals surface area contributed by atoms with Gasteiger partial charge in [0.1, 0.15) is 11.5 Å². The van der Waals surface area contributed by atoms with Gasteiger partial charge in [-0.25, -0.2) is 0 Å². The van der Waals surface area contributed by atoms with Gasteiger partial charge in [-0.1, -0.05) is 22.0 Å². The minimum absolute atomic E-state index is 0.0102. The van der Waals surface area contributed by atoms with Crippen molar-refractivity contribution < 1.29 is 9.21 Å². The van der Waals surface area contributed by atoms with Crippen LogP contribution in [0.15, 0.2) is 27.1 Å². The maximum atomic E-state index is 12.6. The van der Waals surface area contributed by atoms with Gasteiger partial charge in [-0.2, -0.15) is 4.98 Å². The highest BCUT2D eigenvalue weighted by molar-refractivity contribution is 9.10. The Balaban J connectivity index is 1.87. The number of benzene rings is 1. The fourth-order valence-corrected chi connectivity index (χ4v) is 2.75. The maximum absolute atomic E-state index is 12.6. The molecule has 1 aromatic heterocycles. The molecule has 0 unspecified atom stereocenters. The molecular weight excluding hydrogens is 322 g/mol. The minimum Gasteiger partial charge on any atom is -0.428 e. The third-order valence-electron chi connectivity index (χ3n) is 3.46. The lowest BCUT2D eigenvalue weighted by Gasteiger charge is -2.26. The molecule has 0 fully saturated rings. The molecule has 104 valence electrons. The molecule has 20 heavy (non-hydrogen) atoms. The van der Waals surface area contributed by atoms with E-state index in [4.69, 9.17) is 10.2 Å². The standard InChI is InChI=1S/C14H14BrN3O2/c1-8-2-3-9(15)6-10(8)13(19)18-5-4-12-11(7-18)17-14(16)20-12/h2-3,6H,4-5,7H2,1H3,(H2,16,17). The summed E-state index contributed by atoms with van der Waals surface area (Å²) in [6.07, 6.45) is 0.651. The SMILES string of the molecule is Cc1ccc(Br)cc1C(=O)N1CCc2oc(N)nc2C1. The van der Waals surface area contributed by atoms with E-state index in [0.29, 0.717) is 25.1 Å². The molecule has 3 rings (SSSR count). The number of carbonyl (C=O) groups excluding carboxylic acids is 1. The van der Waals surface area contributed by atoms with E-state index in [-0.39, 0.29) is 11.9 Å². The molecular formula is C14H14BrN3O2. The van der Waals surface area contributed by atoms with Crippen molar-refractivity contribution in [1.29, 1.82) is 0 Å². The van der Waals surface area contributed by atoms with Crippen molar-refractivity contribution in [2.24, 2.45) is 0 Å². The van der Waals surface area contributed by atoms with Crippen LogP contribution >= 0.6 is 15.9 Å². The van der Waals surface area contributed by atoms with Crippen LogP contribution in [0, 0.1) is 6.92 Å². The highest BCUT2D eigenvalue weighted by Gasteiger charge is 2.26. The second-order valence-electron chi connectivity index (χ2n) is 4.86. The van der Waals surface area contributed by atoms with Crippen LogP contribution in [0.1, 0.15) is 27.4 Å². The fraction of sp³-hybridized carbons (Fsp3) is 0.286. The van der Waals surface area contributed by atoms with Crippen LogP contribution in [0.4, 0.5) is 6.01 Å². The minimum atomic E-state index is 0.0102. The van der Waals surface area contributed by atoms with E-state index in [9.17, 15) is 4.79 Å². The third-order valence-corrected chi connectivity index (χ3v) is 3.95. The second-order valence-corrected chi connectivity index (χ2v) is 5.77. The number of oxazole rings is 1. The van der Waals surface area contributed by atoms with Gasteiger partial charge >= 0.3 is 0 Å². The van der Waals surface area contributed by atoms with E-state index >= 15 is 0 Å². The molecule has 1 aliphatic heterocycles. The summed E-state index contributed by atoms with van der Waals surface area (Å²) in [4.78, 5) is 18.5. The normalized spacial score (nSPS) is 14.2. The lowest BCUT2D eigenvalue weighted by molar-refractivity contribution is 0.0727. The van der Waals surface area contributed by atoms with Crippen LogP contribution in [0.25, 0.3) is 0 Å². The molecule has 1 aromatic carbocycles. The summed E-state index contributed by atoms with van der Waals surface area (Å²) in [7, 11) is 0. The predicted molar refractivity (Wildman–Crippen MR) is 78.2 cm³/mol. The summed E-state index contributed by atoms with van der Waals surface area (Å²) in [5, 5.41) is 0. The zero-order chi connectivity index (χ0) is 14.3. The van der Waals surface area contributed by atoms with Gasteiger partial charge in [-0.3, -0.25) is 4.79 Å². The number of halogens is 1. The summed E-state index contributed by atoms with van der Waals surface area (Å²) in [6, 6.07) is 5.88. The first-order valence-electron chi connectivity index (χ1n) is 6.34. The Morgan fingerprint density at radius 2 is 2.30 bits per heavy atom. The van der Waals surface area contributed by atoms with E-state index in [1.54, 1.807) is 4.90 Å². The smallest absolute Gasteiger partial charge is 0.292 e. The maximum Gasteiger partial charge on any atom is 0.292 e. The third kappa shape index (κ3) is 2.31. The van der Waals surface area contributed by atoms with Gasteiger partial charge in [0.2, 0.25) is 0 Å². The Morgan fingerprint density at radius 1 is 1.50 bits per heavy atom. The molecule has 5 nitrogen and oxygen atoms in total. The lowest BCUT2D eigenvalue weighted by Crippen LogP contribution is -2.36. The van der Waals surface area contributed by atoms with Crippen molar-refractivity contribution in [3.05, 3.63) is 45.3 Å². The average Bonchev–Trinajstić information content (AvgIpc) is 2.79. The first kappa shape index (κ1) is 13.2. The molecule has 0 radical (unpaired) electrons. The largest absolute Gasteiger partial charge is 0.428 e. The van der Waals surface area contributed by atoms with Crippen molar-refractivity contribution in [3.63, 3.8) is 0 Å². The Bertz CT molecular complexity index is 681. The molecule has 0 aliphatic carbocycles. The molecule has 0 saturated carbocycles. The second kappa shape index (κ2) is 4.94. The van der Waals surface area contributed by atoms with E-state index in [2.05, 4.69) is 20.9 Å². The fourth-order valence-electron chi connectivity index (χ4n) is 2.39. The number of hydrogen-bond acceptors (Lipinski definition) is 4. The number of nitrogen functional groups attached to an aromatic ring is 1. The van der Waals surface area contributed by atoms with Crippen LogP contribution in [0.5, 0.6) is 0 Å². The quantitative estimate of drug-likeness (QED) is 0.869. The number of fused-ring (bicyclic) bond motifs is 1. The van der Waals surface area contributed by atoms with E-state index < -0.39 is 0 Å². The van der Waals surface area contributed by atoms with Crippen LogP contribution < -0.4 is 5.73 Å². The molecule has 1 amide bonds. The van der Waals surface area contributed by atoms with Crippen molar-refractivity contribution in [2.75, 3.05) is 12.3 Å². The summed E-state index contributed by atoms with van der Waals surface area (Å²) < 4.78 is 6.20. The molecule has 0 saturated heterocycles. The number of nitrogens with zero attached hydrogens (tertiary/aromatic N) is 2. The lowest BCUT2D eigenvalue weighted by atomic mass is 10.1. The highest BCUT2D eigenvalue weighted by Crippen LogP contribution is 2.24. The Morgan fingerprint density at radius 3 is 3.10 bits per heavy atom. The Hall–Kier alpha value is -1.82. The molecule has 2 heterocycles. The highest BCUT2D eigenvalue weighted by atomic mass is 79.9. The summed E-state index contributed by atoms with van der Waals surface area (Å²) in [6.45, 7) is 3.00. The molecule has 0 atom stereocenters. The van der Waals surface area contributed by atoms with Crippen molar-refractivity contribution >= 4 is 27.9 Å². The first-order chi connectivity index (χ1) is 9.54. The monoisotopic (exact) mass is 335 g/mol. The van der Waals surface area contributed by atoms with Crippen molar-refractivity contribution in [3.8, 4) is 0 Å². The number of hydrogen-bond donors (Lipinski definition) is 1. The summed E-state index contributed by atoms with van der Waals surface area (Å²) >= 11 is 3.40. The molecule has 2 aromatic rings. The van der Waals surface area contributed by atoms with Gasteiger partial charge < -0.3 is 15.1 Å². The number of nitrogens with two attached hydrogens (primary N) is 1. The summed E-state index contributed by atoms with van der Waals surface area (Å²) in [5.41, 5.74) is 7.98. The number of carbonyl (C=O) groups is 1. The molecule has 6 heteroatoms. The van der Waals surface area contributed by atoms with Gasteiger partial charge in [0, 0.05) is 23.0 Å². The van der Waals surface area contributed by atoms with Crippen molar-refractivity contribution in [2.45, 2.75) is 19.9 Å². The molecule has 1 aliphatic rings. The Kier molecular flexibility index (Phi) is 3.25. The van der Waals surface area contributed by atoms with Crippen LogP contribution in [0.3, 0.4) is 0 Å². The topological polar surface area (TPSA) is 72.4 Å². The van der Waals surface area contributed by atoms with Gasteiger partial charge in [0.05, 0.1) is 6.54 Å². The number of anilines is 1. The average molecular weight is 336 g/mol. The molecule has 0 spiro atoms.